The van der Waals surface area contributed by atoms with Crippen molar-refractivity contribution in [1.29, 1.82) is 0 Å². The summed E-state index contributed by atoms with van der Waals surface area (Å²) in [6.45, 7) is 8.64. The van der Waals surface area contributed by atoms with E-state index in [4.69, 9.17) is 0 Å². The highest BCUT2D eigenvalue weighted by molar-refractivity contribution is 5.67. The molecule has 2 aromatic carbocycles. The molecule has 0 aliphatic rings. The molecule has 0 unspecified atom stereocenters. The Labute approximate surface area is 128 Å². The summed E-state index contributed by atoms with van der Waals surface area (Å²) >= 11 is 0. The van der Waals surface area contributed by atoms with E-state index < -0.39 is 0 Å². The van der Waals surface area contributed by atoms with Crippen molar-refractivity contribution in [2.24, 2.45) is 0 Å². The first kappa shape index (κ1) is 15.5. The summed E-state index contributed by atoms with van der Waals surface area (Å²) in [5.74, 6) is 0. The van der Waals surface area contributed by atoms with Crippen LogP contribution in [0, 0.1) is 0 Å². The van der Waals surface area contributed by atoms with Crippen molar-refractivity contribution < 1.29 is 5.11 Å². The summed E-state index contributed by atoms with van der Waals surface area (Å²) in [6, 6.07) is 19.3. The molecule has 0 amide bonds. The third-order valence-electron chi connectivity index (χ3n) is 4.41. The largest absolute Gasteiger partial charge is 0.392 e. The third kappa shape index (κ3) is 3.25. The normalized spacial score (nSPS) is 13.0. The number of rotatable bonds is 4. The minimum atomic E-state index is -0.0105. The second-order valence-electron chi connectivity index (χ2n) is 6.13. The quantitative estimate of drug-likeness (QED) is 0.853. The second kappa shape index (κ2) is 6.28. The standard InChI is InChI=1S/C20H24O/c1-15(14-21)16(2)17-10-12-19(13-11-17)20(3,4)18-8-6-5-7-9-18/h5-13,21H,14H2,1-4H3/b16-15+. The topological polar surface area (TPSA) is 20.2 Å². The minimum absolute atomic E-state index is 0.0105. The van der Waals surface area contributed by atoms with E-state index in [0.717, 1.165) is 11.1 Å². The van der Waals surface area contributed by atoms with Crippen molar-refractivity contribution >= 4 is 5.57 Å². The molecule has 0 aliphatic carbocycles. The number of benzene rings is 2. The lowest BCUT2D eigenvalue weighted by Gasteiger charge is -2.26. The highest BCUT2D eigenvalue weighted by Crippen LogP contribution is 2.32. The Morgan fingerprint density at radius 1 is 0.857 bits per heavy atom. The second-order valence-corrected chi connectivity index (χ2v) is 6.13. The molecular formula is C20H24O. The zero-order valence-corrected chi connectivity index (χ0v) is 13.4. The lowest BCUT2D eigenvalue weighted by atomic mass is 9.78. The van der Waals surface area contributed by atoms with Crippen LogP contribution in [0.1, 0.15) is 44.4 Å². The van der Waals surface area contributed by atoms with Crippen molar-refractivity contribution in [3.8, 4) is 0 Å². The third-order valence-corrected chi connectivity index (χ3v) is 4.41. The maximum absolute atomic E-state index is 9.24. The minimum Gasteiger partial charge on any atom is -0.392 e. The van der Waals surface area contributed by atoms with Crippen LogP contribution in [0.25, 0.3) is 5.57 Å². The lowest BCUT2D eigenvalue weighted by molar-refractivity contribution is 0.332. The predicted molar refractivity (Wildman–Crippen MR) is 90.4 cm³/mol. The Balaban J connectivity index is 2.35. The van der Waals surface area contributed by atoms with Crippen LogP contribution >= 0.6 is 0 Å². The summed E-state index contributed by atoms with van der Waals surface area (Å²) in [7, 11) is 0. The van der Waals surface area contributed by atoms with Crippen LogP contribution in [0.15, 0.2) is 60.2 Å². The van der Waals surface area contributed by atoms with E-state index in [1.807, 2.05) is 6.92 Å². The molecule has 110 valence electrons. The fourth-order valence-electron chi connectivity index (χ4n) is 2.52. The van der Waals surface area contributed by atoms with Crippen molar-refractivity contribution in [3.05, 3.63) is 76.9 Å². The summed E-state index contributed by atoms with van der Waals surface area (Å²) in [6.07, 6.45) is 0. The molecule has 1 heteroatoms. The Morgan fingerprint density at radius 3 is 1.90 bits per heavy atom. The van der Waals surface area contributed by atoms with E-state index >= 15 is 0 Å². The zero-order chi connectivity index (χ0) is 15.5. The molecule has 0 spiro atoms. The van der Waals surface area contributed by atoms with Gasteiger partial charge < -0.3 is 5.11 Å². The fraction of sp³-hybridized carbons (Fsp3) is 0.300. The zero-order valence-electron chi connectivity index (χ0n) is 13.4. The molecule has 0 heterocycles. The molecule has 21 heavy (non-hydrogen) atoms. The summed E-state index contributed by atoms with van der Waals surface area (Å²) in [5, 5.41) is 9.24. The van der Waals surface area contributed by atoms with Gasteiger partial charge in [0.05, 0.1) is 6.61 Å². The molecule has 1 nitrogen and oxygen atoms in total. The average Bonchev–Trinajstić information content (AvgIpc) is 2.54. The summed E-state index contributed by atoms with van der Waals surface area (Å²) in [4.78, 5) is 0. The van der Waals surface area contributed by atoms with Crippen LogP contribution in [0.5, 0.6) is 0 Å². The molecular weight excluding hydrogens is 256 g/mol. The van der Waals surface area contributed by atoms with Gasteiger partial charge in [-0.25, -0.2) is 0 Å². The first-order valence-electron chi connectivity index (χ1n) is 7.40. The van der Waals surface area contributed by atoms with Crippen molar-refractivity contribution in [3.63, 3.8) is 0 Å². The van der Waals surface area contributed by atoms with Crippen LogP contribution in [-0.4, -0.2) is 11.7 Å². The van der Waals surface area contributed by atoms with E-state index in [2.05, 4.69) is 75.4 Å². The van der Waals surface area contributed by atoms with Gasteiger partial charge in [0, 0.05) is 5.41 Å². The van der Waals surface area contributed by atoms with E-state index in [0.29, 0.717) is 0 Å². The molecule has 0 radical (unpaired) electrons. The van der Waals surface area contributed by atoms with Crippen LogP contribution < -0.4 is 0 Å². The van der Waals surface area contributed by atoms with Gasteiger partial charge in [0.1, 0.15) is 0 Å². The Hall–Kier alpha value is -1.86. The number of aliphatic hydroxyl groups excluding tert-OH is 1. The molecule has 0 saturated carbocycles. The van der Waals surface area contributed by atoms with E-state index in [1.165, 1.54) is 16.7 Å². The van der Waals surface area contributed by atoms with Gasteiger partial charge in [-0.3, -0.25) is 0 Å². The Morgan fingerprint density at radius 2 is 1.38 bits per heavy atom. The van der Waals surface area contributed by atoms with Gasteiger partial charge in [-0.1, -0.05) is 68.4 Å². The molecule has 2 rings (SSSR count). The number of hydrogen-bond donors (Lipinski definition) is 1. The van der Waals surface area contributed by atoms with E-state index in [-0.39, 0.29) is 12.0 Å². The van der Waals surface area contributed by atoms with Crippen LogP contribution in [0.2, 0.25) is 0 Å². The molecule has 0 bridgehead atoms. The first-order valence-corrected chi connectivity index (χ1v) is 7.40. The molecule has 0 saturated heterocycles. The van der Waals surface area contributed by atoms with Crippen molar-refractivity contribution in [2.75, 3.05) is 6.61 Å². The Kier molecular flexibility index (Phi) is 4.64. The highest BCUT2D eigenvalue weighted by Gasteiger charge is 2.22. The highest BCUT2D eigenvalue weighted by atomic mass is 16.3. The average molecular weight is 280 g/mol. The first-order chi connectivity index (χ1) is 9.96. The molecule has 1 N–H and O–H groups in total. The van der Waals surface area contributed by atoms with E-state index in [9.17, 15) is 5.11 Å². The van der Waals surface area contributed by atoms with Gasteiger partial charge in [-0.2, -0.15) is 0 Å². The van der Waals surface area contributed by atoms with Gasteiger partial charge >= 0.3 is 0 Å². The number of allylic oxidation sites excluding steroid dienone is 1. The molecule has 0 aromatic heterocycles. The summed E-state index contributed by atoms with van der Waals surface area (Å²) in [5.41, 5.74) is 5.95. The fourth-order valence-corrected chi connectivity index (χ4v) is 2.52. The molecule has 0 aliphatic heterocycles. The van der Waals surface area contributed by atoms with Gasteiger partial charge in [0.25, 0.3) is 0 Å². The van der Waals surface area contributed by atoms with Crippen LogP contribution in [0.3, 0.4) is 0 Å². The number of hydrogen-bond acceptors (Lipinski definition) is 1. The maximum atomic E-state index is 9.24. The lowest BCUT2D eigenvalue weighted by Crippen LogP contribution is -2.18. The van der Waals surface area contributed by atoms with Gasteiger partial charge in [0.2, 0.25) is 0 Å². The predicted octanol–water partition coefficient (Wildman–Crippen LogP) is 4.80. The number of aliphatic hydroxyl groups is 1. The smallest absolute Gasteiger partial charge is 0.0644 e. The molecule has 2 aromatic rings. The van der Waals surface area contributed by atoms with Gasteiger partial charge in [-0.05, 0) is 41.7 Å². The van der Waals surface area contributed by atoms with Crippen molar-refractivity contribution in [1.82, 2.24) is 0 Å². The van der Waals surface area contributed by atoms with E-state index in [1.54, 1.807) is 0 Å². The molecule has 0 fully saturated rings. The van der Waals surface area contributed by atoms with Crippen LogP contribution in [-0.2, 0) is 5.41 Å². The molecule has 0 atom stereocenters. The maximum Gasteiger partial charge on any atom is 0.0644 e. The monoisotopic (exact) mass is 280 g/mol. The van der Waals surface area contributed by atoms with Gasteiger partial charge in [0.15, 0.2) is 0 Å². The SMILES string of the molecule is C/C(CO)=C(/C)c1ccc(C(C)(C)c2ccccc2)cc1. The summed E-state index contributed by atoms with van der Waals surface area (Å²) < 4.78 is 0. The van der Waals surface area contributed by atoms with Crippen molar-refractivity contribution in [2.45, 2.75) is 33.1 Å². The van der Waals surface area contributed by atoms with Gasteiger partial charge in [-0.15, -0.1) is 0 Å². The Bertz CT molecular complexity index is 619. The van der Waals surface area contributed by atoms with Crippen LogP contribution in [0.4, 0.5) is 0 Å².